The number of nitrogens with one attached hydrogen (secondary N) is 1. The fourth-order valence-corrected chi connectivity index (χ4v) is 2.65. The maximum Gasteiger partial charge on any atom is 0.335 e. The first-order valence-electron chi connectivity index (χ1n) is 8.39. The van der Waals surface area contributed by atoms with E-state index in [2.05, 4.69) is 11.2 Å². The minimum Gasteiger partial charge on any atom is -0.508 e. The summed E-state index contributed by atoms with van der Waals surface area (Å²) in [7, 11) is 1.48. The Bertz CT molecular complexity index is 1050. The first-order chi connectivity index (χ1) is 13.9. The van der Waals surface area contributed by atoms with Gasteiger partial charge in [-0.2, -0.15) is 0 Å². The van der Waals surface area contributed by atoms with Gasteiger partial charge in [0.2, 0.25) is 0 Å². The topological polar surface area (TPSA) is 105 Å². The monoisotopic (exact) mass is 392 g/mol. The summed E-state index contributed by atoms with van der Waals surface area (Å²) in [5, 5.41) is 11.5. The molecule has 1 saturated heterocycles. The molecule has 2 N–H and O–H groups in total. The lowest BCUT2D eigenvalue weighted by atomic mass is 10.1. The Balaban J connectivity index is 2.02. The molecular weight excluding hydrogens is 376 g/mol. The van der Waals surface area contributed by atoms with E-state index in [-0.39, 0.29) is 23.6 Å². The summed E-state index contributed by atoms with van der Waals surface area (Å²) in [6.45, 7) is -0.0262. The maximum atomic E-state index is 12.9. The Morgan fingerprint density at radius 2 is 1.90 bits per heavy atom. The molecule has 0 saturated carbocycles. The van der Waals surface area contributed by atoms with Crippen LogP contribution in [0.15, 0.2) is 48.0 Å². The van der Waals surface area contributed by atoms with Crippen molar-refractivity contribution >= 4 is 29.6 Å². The van der Waals surface area contributed by atoms with E-state index >= 15 is 0 Å². The highest BCUT2D eigenvalue weighted by Gasteiger charge is 2.37. The van der Waals surface area contributed by atoms with E-state index in [1.807, 2.05) is 0 Å². The lowest BCUT2D eigenvalue weighted by Crippen LogP contribution is -2.54. The molecule has 8 nitrogen and oxygen atoms in total. The molecule has 146 valence electrons. The Kier molecular flexibility index (Phi) is 5.51. The number of barbiturate groups is 1. The summed E-state index contributed by atoms with van der Waals surface area (Å²) >= 11 is 0. The van der Waals surface area contributed by atoms with Crippen molar-refractivity contribution in [2.75, 3.05) is 18.6 Å². The summed E-state index contributed by atoms with van der Waals surface area (Å²) < 4.78 is 10.6. The predicted octanol–water partition coefficient (Wildman–Crippen LogP) is 2.08. The van der Waals surface area contributed by atoms with Gasteiger partial charge in [-0.1, -0.05) is 5.92 Å². The van der Waals surface area contributed by atoms with Gasteiger partial charge < -0.3 is 14.6 Å². The Hall–Kier alpha value is -4.25. The fraction of sp³-hybridized carbons (Fsp3) is 0.0952. The molecule has 0 atom stereocenters. The van der Waals surface area contributed by atoms with E-state index in [9.17, 15) is 19.5 Å². The normalized spacial score (nSPS) is 15.1. The molecule has 0 aliphatic carbocycles. The van der Waals surface area contributed by atoms with Gasteiger partial charge in [-0.25, -0.2) is 9.69 Å². The number of urea groups is 1. The van der Waals surface area contributed by atoms with Gasteiger partial charge in [-0.3, -0.25) is 14.9 Å². The zero-order chi connectivity index (χ0) is 21.0. The van der Waals surface area contributed by atoms with Crippen LogP contribution >= 0.6 is 0 Å². The number of benzene rings is 2. The fourth-order valence-electron chi connectivity index (χ4n) is 2.65. The molecule has 1 heterocycles. The second-order valence-corrected chi connectivity index (χ2v) is 5.87. The van der Waals surface area contributed by atoms with Gasteiger partial charge in [0.1, 0.15) is 29.4 Å². The quantitative estimate of drug-likeness (QED) is 0.459. The van der Waals surface area contributed by atoms with E-state index in [0.717, 1.165) is 4.90 Å². The molecule has 3 rings (SSSR count). The second kappa shape index (κ2) is 8.19. The minimum absolute atomic E-state index is 0.0262. The van der Waals surface area contributed by atoms with Crippen LogP contribution in [0.4, 0.5) is 10.5 Å². The average Bonchev–Trinajstić information content (AvgIpc) is 2.71. The number of ether oxygens (including phenoxy) is 2. The van der Waals surface area contributed by atoms with E-state index in [1.54, 1.807) is 18.2 Å². The Labute approximate surface area is 166 Å². The van der Waals surface area contributed by atoms with Crippen LogP contribution in [0.5, 0.6) is 17.2 Å². The molecule has 4 amide bonds. The van der Waals surface area contributed by atoms with E-state index in [4.69, 9.17) is 15.9 Å². The lowest BCUT2D eigenvalue weighted by molar-refractivity contribution is -0.122. The van der Waals surface area contributed by atoms with Crippen LogP contribution in [-0.2, 0) is 9.59 Å². The number of hydrogen-bond acceptors (Lipinski definition) is 6. The van der Waals surface area contributed by atoms with Gasteiger partial charge in [-0.15, -0.1) is 6.42 Å². The molecule has 0 bridgehead atoms. The largest absolute Gasteiger partial charge is 0.508 e. The number of anilines is 1. The molecule has 1 fully saturated rings. The zero-order valence-electron chi connectivity index (χ0n) is 15.3. The molecule has 1 aliphatic heterocycles. The highest BCUT2D eigenvalue weighted by molar-refractivity contribution is 6.39. The molecule has 0 unspecified atom stereocenters. The van der Waals surface area contributed by atoms with E-state index in [1.165, 1.54) is 37.5 Å². The van der Waals surface area contributed by atoms with Crippen LogP contribution in [0, 0.1) is 12.3 Å². The number of imide groups is 2. The predicted molar refractivity (Wildman–Crippen MR) is 104 cm³/mol. The van der Waals surface area contributed by atoms with Crippen LogP contribution in [0.1, 0.15) is 5.56 Å². The van der Waals surface area contributed by atoms with Crippen molar-refractivity contribution in [3.63, 3.8) is 0 Å². The van der Waals surface area contributed by atoms with Gasteiger partial charge in [0.15, 0.2) is 0 Å². The first kappa shape index (κ1) is 19.5. The number of aromatic hydroxyl groups is 1. The highest BCUT2D eigenvalue weighted by atomic mass is 16.5. The van der Waals surface area contributed by atoms with Crippen molar-refractivity contribution < 1.29 is 29.0 Å². The van der Waals surface area contributed by atoms with Gasteiger partial charge in [0.25, 0.3) is 11.8 Å². The van der Waals surface area contributed by atoms with Crippen LogP contribution in [0.2, 0.25) is 0 Å². The number of amides is 4. The van der Waals surface area contributed by atoms with Crippen molar-refractivity contribution in [1.29, 1.82) is 0 Å². The number of nitrogens with zero attached hydrogens (tertiary/aromatic N) is 1. The summed E-state index contributed by atoms with van der Waals surface area (Å²) in [6, 6.07) is 9.32. The number of carbonyl (C=O) groups is 3. The number of methoxy groups -OCH3 is 1. The van der Waals surface area contributed by atoms with Crippen LogP contribution in [0.25, 0.3) is 6.08 Å². The van der Waals surface area contributed by atoms with Gasteiger partial charge in [0, 0.05) is 11.6 Å². The van der Waals surface area contributed by atoms with Crippen molar-refractivity contribution in [1.82, 2.24) is 5.32 Å². The number of phenols is 1. The molecule has 2 aromatic carbocycles. The molecule has 29 heavy (non-hydrogen) atoms. The number of terminal acetylenes is 1. The van der Waals surface area contributed by atoms with Crippen LogP contribution in [-0.4, -0.2) is 36.7 Å². The van der Waals surface area contributed by atoms with Crippen molar-refractivity contribution in [3.05, 3.63) is 53.6 Å². The minimum atomic E-state index is -0.888. The third kappa shape index (κ3) is 4.04. The Morgan fingerprint density at radius 1 is 1.17 bits per heavy atom. The molecular formula is C21H16N2O6. The highest BCUT2D eigenvalue weighted by Crippen LogP contribution is 2.29. The third-order valence-electron chi connectivity index (χ3n) is 4.04. The number of phenolic OH excluding ortho intramolecular Hbond substituents is 1. The molecule has 0 spiro atoms. The zero-order valence-corrected chi connectivity index (χ0v) is 15.3. The van der Waals surface area contributed by atoms with E-state index in [0.29, 0.717) is 17.1 Å². The van der Waals surface area contributed by atoms with E-state index < -0.39 is 17.8 Å². The van der Waals surface area contributed by atoms with Gasteiger partial charge in [-0.05, 0) is 42.5 Å². The SMILES string of the molecule is C#CCOc1cc(OC)ccc1/C=C1\C(=O)NC(=O)N(c2ccc(O)cc2)C1=O. The number of hydrogen-bond donors (Lipinski definition) is 2. The molecule has 1 aliphatic rings. The maximum absolute atomic E-state index is 12.9. The first-order valence-corrected chi connectivity index (χ1v) is 8.39. The smallest absolute Gasteiger partial charge is 0.335 e. The Morgan fingerprint density at radius 3 is 2.55 bits per heavy atom. The van der Waals surface area contributed by atoms with Crippen molar-refractivity contribution in [2.45, 2.75) is 0 Å². The number of rotatable bonds is 5. The van der Waals surface area contributed by atoms with Crippen molar-refractivity contribution in [3.8, 4) is 29.6 Å². The summed E-state index contributed by atoms with van der Waals surface area (Å²) in [4.78, 5) is 38.2. The lowest BCUT2D eigenvalue weighted by Gasteiger charge is -2.26. The summed E-state index contributed by atoms with van der Waals surface area (Å²) in [6.07, 6.45) is 6.54. The van der Waals surface area contributed by atoms with Crippen LogP contribution < -0.4 is 19.7 Å². The van der Waals surface area contributed by atoms with Gasteiger partial charge in [0.05, 0.1) is 12.8 Å². The number of carbonyl (C=O) groups excluding carboxylic acids is 3. The molecule has 2 aromatic rings. The van der Waals surface area contributed by atoms with Crippen LogP contribution in [0.3, 0.4) is 0 Å². The molecule has 0 aromatic heterocycles. The second-order valence-electron chi connectivity index (χ2n) is 5.87. The third-order valence-corrected chi connectivity index (χ3v) is 4.04. The average molecular weight is 392 g/mol. The van der Waals surface area contributed by atoms with Crippen molar-refractivity contribution in [2.24, 2.45) is 0 Å². The summed E-state index contributed by atoms with van der Waals surface area (Å²) in [5.41, 5.74) is 0.329. The molecule has 0 radical (unpaired) electrons. The van der Waals surface area contributed by atoms with Gasteiger partial charge >= 0.3 is 6.03 Å². The summed E-state index contributed by atoms with van der Waals surface area (Å²) in [5.74, 6) is 1.46. The molecule has 8 heteroatoms. The standard InChI is InChI=1S/C21H16N2O6/c1-3-10-29-18-12-16(28-2)9-4-13(18)11-17-19(25)22-21(27)23(20(17)26)14-5-7-15(24)8-6-14/h1,4-9,11-12,24H,10H2,2H3,(H,22,25,27)/b17-11+.